The number of likely N-dealkylation sites (tertiary alicyclic amines) is 1. The van der Waals surface area contributed by atoms with Crippen molar-refractivity contribution in [3.63, 3.8) is 0 Å². The van der Waals surface area contributed by atoms with Gasteiger partial charge in [0.1, 0.15) is 0 Å². The van der Waals surface area contributed by atoms with Crippen molar-refractivity contribution < 1.29 is 18.3 Å². The van der Waals surface area contributed by atoms with Gasteiger partial charge < -0.3 is 10.4 Å². The molecule has 8 rings (SSSR count). The molecular weight excluding hydrogens is 667 g/mol. The molecule has 2 aliphatic heterocycles. The zero-order valence-electron chi connectivity index (χ0n) is 33.0. The van der Waals surface area contributed by atoms with E-state index in [1.807, 2.05) is 12.1 Å². The molecule has 52 heavy (non-hydrogen) atoms. The number of rotatable bonds is 8. The van der Waals surface area contributed by atoms with E-state index >= 15 is 0 Å². The molecule has 1 aromatic rings. The van der Waals surface area contributed by atoms with Crippen LogP contribution in [-0.4, -0.2) is 78.8 Å². The van der Waals surface area contributed by atoms with Gasteiger partial charge in [0.05, 0.1) is 11.8 Å². The number of carbonyl (C=O) groups is 1. The molecule has 0 amide bonds. The van der Waals surface area contributed by atoms with Gasteiger partial charge in [-0.05, 0) is 146 Å². The van der Waals surface area contributed by atoms with Crippen LogP contribution in [0.15, 0.2) is 42.5 Å². The number of hydrogen-bond donors (Lipinski definition) is 2. The molecule has 5 aliphatic carbocycles. The summed E-state index contributed by atoms with van der Waals surface area (Å²) in [5.74, 6) is 2.26. The van der Waals surface area contributed by atoms with Gasteiger partial charge in [-0.25, -0.2) is 13.2 Å². The Morgan fingerprint density at radius 2 is 1.65 bits per heavy atom. The molecule has 1 aromatic carbocycles. The molecule has 0 spiro atoms. The molecule has 0 aromatic heterocycles. The highest BCUT2D eigenvalue weighted by atomic mass is 32.2. The Morgan fingerprint density at radius 1 is 0.923 bits per heavy atom. The van der Waals surface area contributed by atoms with Gasteiger partial charge in [0, 0.05) is 43.8 Å². The summed E-state index contributed by atoms with van der Waals surface area (Å²) in [6.07, 6.45) is 16.1. The van der Waals surface area contributed by atoms with Gasteiger partial charge in [0.2, 0.25) is 10.0 Å². The minimum Gasteiger partial charge on any atom is -0.478 e. The number of nitrogens with one attached hydrogen (secondary N) is 1. The van der Waals surface area contributed by atoms with Crippen LogP contribution in [0.5, 0.6) is 0 Å². The Kier molecular flexibility index (Phi) is 8.70. The minimum atomic E-state index is -3.12. The number of allylic oxidation sites excluding steroid dienone is 3. The molecule has 0 unspecified atom stereocenters. The van der Waals surface area contributed by atoms with E-state index < -0.39 is 16.0 Å². The Balaban J connectivity index is 1.03. The maximum absolute atomic E-state index is 12.3. The second kappa shape index (κ2) is 12.2. The summed E-state index contributed by atoms with van der Waals surface area (Å²) in [4.78, 5) is 14.1. The highest BCUT2D eigenvalue weighted by Crippen LogP contribution is 2.76. The molecular formula is C44H65N3O4S. The summed E-state index contributed by atoms with van der Waals surface area (Å²) in [6.45, 7) is 23.4. The van der Waals surface area contributed by atoms with E-state index in [-0.39, 0.29) is 33.2 Å². The van der Waals surface area contributed by atoms with Crippen molar-refractivity contribution in [2.45, 2.75) is 123 Å². The lowest BCUT2D eigenvalue weighted by atomic mass is 9.33. The van der Waals surface area contributed by atoms with Crippen LogP contribution in [0, 0.1) is 51.2 Å². The van der Waals surface area contributed by atoms with Crippen molar-refractivity contribution in [2.75, 3.05) is 32.4 Å². The monoisotopic (exact) mass is 731 g/mol. The van der Waals surface area contributed by atoms with Crippen LogP contribution in [0.4, 0.5) is 0 Å². The van der Waals surface area contributed by atoms with Crippen molar-refractivity contribution in [1.29, 1.82) is 0 Å². The number of sulfonamides is 1. The lowest BCUT2D eigenvalue weighted by Crippen LogP contribution is -2.68. The number of carboxylic acid groups (broad SMARTS) is 1. The Morgan fingerprint density at radius 3 is 2.29 bits per heavy atom. The first-order valence-electron chi connectivity index (χ1n) is 20.5. The summed E-state index contributed by atoms with van der Waals surface area (Å²) in [6, 6.07) is 8.11. The molecule has 7 aliphatic rings. The van der Waals surface area contributed by atoms with Crippen LogP contribution >= 0.6 is 0 Å². The Hall–Kier alpha value is -2.00. The highest BCUT2D eigenvalue weighted by molar-refractivity contribution is 7.88. The fourth-order valence-electron chi connectivity index (χ4n) is 15.2. The minimum absolute atomic E-state index is 0.0108. The smallest absolute Gasteiger partial charge is 0.335 e. The van der Waals surface area contributed by atoms with Crippen molar-refractivity contribution >= 4 is 21.6 Å². The number of benzene rings is 1. The van der Waals surface area contributed by atoms with Crippen LogP contribution in [0.25, 0.3) is 5.57 Å². The van der Waals surface area contributed by atoms with Gasteiger partial charge in [0.25, 0.3) is 0 Å². The summed E-state index contributed by atoms with van der Waals surface area (Å²) in [5, 5.41) is 13.8. The maximum Gasteiger partial charge on any atom is 0.335 e. The average Bonchev–Trinajstić information content (AvgIpc) is 3.78. The lowest BCUT2D eigenvalue weighted by Gasteiger charge is -2.72. The zero-order chi connectivity index (χ0) is 37.2. The molecule has 11 atom stereocenters. The van der Waals surface area contributed by atoms with Crippen molar-refractivity contribution in [3.8, 4) is 0 Å². The first kappa shape index (κ1) is 36.9. The van der Waals surface area contributed by atoms with E-state index in [0.717, 1.165) is 32.5 Å². The normalized spacial score (nSPS) is 44.0. The number of carboxylic acids is 1. The van der Waals surface area contributed by atoms with Crippen molar-refractivity contribution in [3.05, 3.63) is 53.6 Å². The van der Waals surface area contributed by atoms with E-state index in [2.05, 4.69) is 64.4 Å². The number of fused-ring (bicyclic) bond motifs is 9. The molecule has 0 radical (unpaired) electrons. The number of hydrogen-bond acceptors (Lipinski definition) is 5. The summed E-state index contributed by atoms with van der Waals surface area (Å²) >= 11 is 0. The van der Waals surface area contributed by atoms with Gasteiger partial charge in [-0.2, -0.15) is 4.31 Å². The highest BCUT2D eigenvalue weighted by Gasteiger charge is 2.70. The number of nitrogens with zero attached hydrogens (tertiary/aromatic N) is 2. The van der Waals surface area contributed by atoms with Crippen molar-refractivity contribution in [2.24, 2.45) is 51.2 Å². The largest absolute Gasteiger partial charge is 0.478 e. The van der Waals surface area contributed by atoms with E-state index in [4.69, 9.17) is 0 Å². The maximum atomic E-state index is 12.3. The second-order valence-corrected chi connectivity index (χ2v) is 22.0. The molecule has 2 bridgehead atoms. The topological polar surface area (TPSA) is 90.0 Å². The first-order valence-corrected chi connectivity index (χ1v) is 22.4. The van der Waals surface area contributed by atoms with Crippen LogP contribution in [0.2, 0.25) is 0 Å². The molecule has 2 heterocycles. The molecule has 2 saturated heterocycles. The predicted molar refractivity (Wildman–Crippen MR) is 209 cm³/mol. The van der Waals surface area contributed by atoms with E-state index in [9.17, 15) is 18.3 Å². The van der Waals surface area contributed by atoms with Gasteiger partial charge in [-0.15, -0.1) is 0 Å². The molecule has 2 N–H and O–H groups in total. The van der Waals surface area contributed by atoms with Crippen LogP contribution < -0.4 is 5.32 Å². The van der Waals surface area contributed by atoms with Crippen LogP contribution in [0.3, 0.4) is 0 Å². The van der Waals surface area contributed by atoms with Crippen LogP contribution in [-0.2, 0) is 10.0 Å². The predicted octanol–water partition coefficient (Wildman–Crippen LogP) is 8.10. The summed E-state index contributed by atoms with van der Waals surface area (Å²) in [5.41, 5.74) is 5.26. The SMILES string of the molecule is C=C(C)[C@@H]1CC[C@]2(NCCN3C[C@@H]4C[C@@H]3CN4S(C)(=O)=O)CC[C@]3(C)[C@H](CC[C@@H]4[C@@]5(C)CC=C(c6ccc(C(=O)O)cc6)C(C)(C)[C@@H]5CC[C@]43C)[C@@H]12. The van der Waals surface area contributed by atoms with E-state index in [1.165, 1.54) is 74.3 Å². The number of piperazine rings is 1. The lowest BCUT2D eigenvalue weighted by molar-refractivity contribution is -0.219. The average molecular weight is 732 g/mol. The van der Waals surface area contributed by atoms with E-state index in [0.29, 0.717) is 47.7 Å². The second-order valence-electron chi connectivity index (χ2n) is 20.1. The fraction of sp³-hybridized carbons (Fsp3) is 0.750. The van der Waals surface area contributed by atoms with Gasteiger partial charge in [0.15, 0.2) is 0 Å². The Labute approximate surface area is 314 Å². The summed E-state index contributed by atoms with van der Waals surface area (Å²) in [7, 11) is -3.12. The first-order chi connectivity index (χ1) is 24.4. The van der Waals surface area contributed by atoms with Crippen LogP contribution in [0.1, 0.15) is 122 Å². The van der Waals surface area contributed by atoms with Crippen molar-refractivity contribution in [1.82, 2.24) is 14.5 Å². The van der Waals surface area contributed by atoms with Gasteiger partial charge in [-0.1, -0.05) is 65.0 Å². The fourth-order valence-corrected chi connectivity index (χ4v) is 16.3. The number of aromatic carboxylic acids is 1. The molecule has 7 nitrogen and oxygen atoms in total. The Bertz CT molecular complexity index is 1770. The molecule has 6 fully saturated rings. The third-order valence-electron chi connectivity index (χ3n) is 17.7. The molecule has 4 saturated carbocycles. The van der Waals surface area contributed by atoms with Gasteiger partial charge >= 0.3 is 5.97 Å². The standard InChI is InChI=1S/C44H65N3O4S/c1-28(2)33-15-20-44(45-23-24-46-26-32-25-31(46)27-47(32)52(8,50)51)22-21-42(6)35(38(33)44)13-14-37-41(5)18-16-34(29-9-11-30(12-10-29)39(48)49)40(3,4)36(41)17-19-43(37,42)7/h9-12,16,31-33,35-38,45H,1,13-15,17-27H2,2-8H3,(H,48,49)/t31-,32+,33+,35-,36+,37-,38-,41+,42-,43-,44+/m1/s1. The third-order valence-corrected chi connectivity index (χ3v) is 19.0. The summed E-state index contributed by atoms with van der Waals surface area (Å²) < 4.78 is 26.3. The molecule has 286 valence electrons. The van der Waals surface area contributed by atoms with E-state index in [1.54, 1.807) is 16.4 Å². The molecule has 8 heteroatoms. The third kappa shape index (κ3) is 5.26. The zero-order valence-corrected chi connectivity index (χ0v) is 33.8. The van der Waals surface area contributed by atoms with Gasteiger partial charge in [-0.3, -0.25) is 4.90 Å². The quantitative estimate of drug-likeness (QED) is 0.263.